The summed E-state index contributed by atoms with van der Waals surface area (Å²) >= 11 is 5.96. The van der Waals surface area contributed by atoms with Crippen molar-refractivity contribution in [1.29, 1.82) is 0 Å². The van der Waals surface area contributed by atoms with Crippen LogP contribution < -0.4 is 10.2 Å². The van der Waals surface area contributed by atoms with Crippen LogP contribution in [0.3, 0.4) is 0 Å². The van der Waals surface area contributed by atoms with Crippen LogP contribution in [0, 0.1) is 5.92 Å². The topological polar surface area (TPSA) is 69.6 Å². The monoisotopic (exact) mass is 336 g/mol. The van der Waals surface area contributed by atoms with Crippen LogP contribution in [0.5, 0.6) is 0 Å². The molecule has 0 aromatic heterocycles. The molecule has 1 aliphatic heterocycles. The highest BCUT2D eigenvalue weighted by molar-refractivity contribution is 6.31. The summed E-state index contributed by atoms with van der Waals surface area (Å²) in [6, 6.07) is 7.07. The van der Waals surface area contributed by atoms with E-state index < -0.39 is 11.5 Å². The van der Waals surface area contributed by atoms with Crippen molar-refractivity contribution in [3.8, 4) is 0 Å². The number of hydrogen-bond acceptors (Lipinski definition) is 3. The minimum absolute atomic E-state index is 0.205. The minimum atomic E-state index is -0.802. The molecule has 1 atom stereocenters. The predicted molar refractivity (Wildman–Crippen MR) is 88.3 cm³/mol. The molecule has 1 saturated heterocycles. The molecule has 23 heavy (non-hydrogen) atoms. The Labute approximate surface area is 140 Å². The lowest BCUT2D eigenvalue weighted by atomic mass is 10.0. The van der Waals surface area contributed by atoms with Gasteiger partial charge in [0.15, 0.2) is 0 Å². The second kappa shape index (κ2) is 6.49. The lowest BCUT2D eigenvalue weighted by Crippen LogP contribution is -2.44. The highest BCUT2D eigenvalue weighted by atomic mass is 35.5. The van der Waals surface area contributed by atoms with E-state index in [2.05, 4.69) is 5.32 Å². The van der Waals surface area contributed by atoms with E-state index in [-0.39, 0.29) is 18.4 Å². The van der Waals surface area contributed by atoms with E-state index in [0.717, 1.165) is 12.8 Å². The fraction of sp³-hybridized carbons (Fsp3) is 0.529. The third-order valence-electron chi connectivity index (χ3n) is 4.77. The second-order valence-corrected chi connectivity index (χ2v) is 6.90. The van der Waals surface area contributed by atoms with Crippen molar-refractivity contribution in [3.63, 3.8) is 0 Å². The summed E-state index contributed by atoms with van der Waals surface area (Å²) < 4.78 is 0. The molecule has 2 amide bonds. The molecule has 1 saturated carbocycles. The molecule has 1 aromatic carbocycles. The van der Waals surface area contributed by atoms with Gasteiger partial charge in [-0.25, -0.2) is 0 Å². The van der Waals surface area contributed by atoms with E-state index in [9.17, 15) is 14.7 Å². The number of hydrogen-bond donors (Lipinski definition) is 2. The average Bonchev–Trinajstić information content (AvgIpc) is 3.12. The molecule has 3 rings (SSSR count). The predicted octanol–water partition coefficient (Wildman–Crippen LogP) is 2.11. The van der Waals surface area contributed by atoms with Crippen molar-refractivity contribution >= 4 is 29.1 Å². The van der Waals surface area contributed by atoms with E-state index >= 15 is 0 Å². The van der Waals surface area contributed by atoms with E-state index in [1.807, 2.05) is 6.07 Å². The zero-order chi connectivity index (χ0) is 16.4. The van der Waals surface area contributed by atoms with Gasteiger partial charge in [-0.1, -0.05) is 30.5 Å². The minimum Gasteiger partial charge on any atom is -0.388 e. The van der Waals surface area contributed by atoms with Crippen LogP contribution in [-0.2, 0) is 9.59 Å². The second-order valence-electron chi connectivity index (χ2n) is 6.46. The summed E-state index contributed by atoms with van der Waals surface area (Å²) in [7, 11) is 0. The number of nitrogens with one attached hydrogen (secondary N) is 1. The normalized spacial score (nSPS) is 23.3. The van der Waals surface area contributed by atoms with Gasteiger partial charge in [-0.05, 0) is 37.5 Å². The van der Waals surface area contributed by atoms with Crippen LogP contribution in [0.1, 0.15) is 32.1 Å². The van der Waals surface area contributed by atoms with Crippen LogP contribution in [0.15, 0.2) is 24.3 Å². The van der Waals surface area contributed by atoms with Gasteiger partial charge in [0.05, 0.1) is 5.60 Å². The summed E-state index contributed by atoms with van der Waals surface area (Å²) in [5, 5.41) is 13.6. The third-order valence-corrected chi connectivity index (χ3v) is 5.00. The summed E-state index contributed by atoms with van der Waals surface area (Å²) in [4.78, 5) is 26.4. The maximum Gasteiger partial charge on any atom is 0.239 e. The Morgan fingerprint density at radius 2 is 2.13 bits per heavy atom. The van der Waals surface area contributed by atoms with Crippen LogP contribution in [0.2, 0.25) is 5.02 Å². The number of nitrogens with zero attached hydrogens (tertiary/aromatic N) is 1. The molecule has 0 bridgehead atoms. The maximum absolute atomic E-state index is 12.5. The quantitative estimate of drug-likeness (QED) is 0.827. The molecule has 2 aliphatic rings. The molecule has 1 unspecified atom stereocenters. The molecular formula is C17H21ClN2O3. The highest BCUT2D eigenvalue weighted by Gasteiger charge is 2.39. The number of halogens is 1. The Morgan fingerprint density at radius 1 is 1.39 bits per heavy atom. The molecule has 2 N–H and O–H groups in total. The first-order valence-corrected chi connectivity index (χ1v) is 8.43. The molecule has 1 aliphatic carbocycles. The summed E-state index contributed by atoms with van der Waals surface area (Å²) in [6.45, 7) is 0.730. The fourth-order valence-corrected chi connectivity index (χ4v) is 3.59. The number of carbonyl (C=O) groups is 2. The molecule has 6 heteroatoms. The van der Waals surface area contributed by atoms with Crippen molar-refractivity contribution in [2.24, 2.45) is 5.92 Å². The van der Waals surface area contributed by atoms with Gasteiger partial charge < -0.3 is 15.3 Å². The smallest absolute Gasteiger partial charge is 0.239 e. The first kappa shape index (κ1) is 16.3. The van der Waals surface area contributed by atoms with Gasteiger partial charge in [0.2, 0.25) is 11.8 Å². The fourth-order valence-electron chi connectivity index (χ4n) is 3.41. The summed E-state index contributed by atoms with van der Waals surface area (Å²) in [6.07, 6.45) is 3.87. The standard InChI is InChI=1S/C17H21ClN2O3/c18-12-4-3-5-13(10-12)20-9-6-14(16(20)22)15(21)19-11-17(23)7-1-2-8-17/h3-5,10,14,23H,1-2,6-9,11H2,(H,19,21). The Hall–Kier alpha value is -1.59. The van der Waals surface area contributed by atoms with Crippen LogP contribution in [0.25, 0.3) is 0 Å². The Kier molecular flexibility index (Phi) is 4.60. The van der Waals surface area contributed by atoms with E-state index in [0.29, 0.717) is 36.5 Å². The number of rotatable bonds is 4. The Balaban J connectivity index is 1.61. The molecule has 2 fully saturated rings. The zero-order valence-electron chi connectivity index (χ0n) is 12.9. The average molecular weight is 337 g/mol. The van der Waals surface area contributed by atoms with Crippen molar-refractivity contribution < 1.29 is 14.7 Å². The van der Waals surface area contributed by atoms with Crippen LogP contribution >= 0.6 is 11.6 Å². The van der Waals surface area contributed by atoms with Gasteiger partial charge in [0.1, 0.15) is 5.92 Å². The van der Waals surface area contributed by atoms with Crippen molar-refractivity contribution in [2.45, 2.75) is 37.7 Å². The lowest BCUT2D eigenvalue weighted by Gasteiger charge is -2.23. The molecule has 1 aromatic rings. The van der Waals surface area contributed by atoms with Crippen LogP contribution in [-0.4, -0.2) is 35.6 Å². The molecule has 5 nitrogen and oxygen atoms in total. The third kappa shape index (κ3) is 3.51. The van der Waals surface area contributed by atoms with Crippen molar-refractivity contribution in [2.75, 3.05) is 18.0 Å². The van der Waals surface area contributed by atoms with Gasteiger partial charge in [-0.2, -0.15) is 0 Å². The van der Waals surface area contributed by atoms with Gasteiger partial charge in [-0.15, -0.1) is 0 Å². The molecule has 0 spiro atoms. The van der Waals surface area contributed by atoms with Crippen LogP contribution in [0.4, 0.5) is 5.69 Å². The lowest BCUT2D eigenvalue weighted by molar-refractivity contribution is -0.132. The molecule has 1 heterocycles. The van der Waals surface area contributed by atoms with Gasteiger partial charge >= 0.3 is 0 Å². The zero-order valence-corrected chi connectivity index (χ0v) is 13.7. The number of benzene rings is 1. The molecule has 124 valence electrons. The van der Waals surface area contributed by atoms with E-state index in [1.165, 1.54) is 0 Å². The maximum atomic E-state index is 12.5. The van der Waals surface area contributed by atoms with Gasteiger partial charge in [0, 0.05) is 23.8 Å². The van der Waals surface area contributed by atoms with E-state index in [4.69, 9.17) is 11.6 Å². The Morgan fingerprint density at radius 3 is 2.83 bits per heavy atom. The Bertz CT molecular complexity index is 614. The first-order chi connectivity index (χ1) is 11.0. The number of carbonyl (C=O) groups excluding carboxylic acids is 2. The van der Waals surface area contributed by atoms with E-state index in [1.54, 1.807) is 23.1 Å². The van der Waals surface area contributed by atoms with Gasteiger partial charge in [0.25, 0.3) is 0 Å². The number of amides is 2. The highest BCUT2D eigenvalue weighted by Crippen LogP contribution is 2.30. The summed E-state index contributed by atoms with van der Waals surface area (Å²) in [5.74, 6) is -1.18. The number of anilines is 1. The van der Waals surface area contributed by atoms with Crippen molar-refractivity contribution in [1.82, 2.24) is 5.32 Å². The largest absolute Gasteiger partial charge is 0.388 e. The summed E-state index contributed by atoms with van der Waals surface area (Å²) in [5.41, 5.74) is -0.0866. The first-order valence-electron chi connectivity index (χ1n) is 8.06. The SMILES string of the molecule is O=C(NCC1(O)CCCC1)C1CCN(c2cccc(Cl)c2)C1=O. The molecular weight excluding hydrogens is 316 g/mol. The number of aliphatic hydroxyl groups is 1. The van der Waals surface area contributed by atoms with Crippen molar-refractivity contribution in [3.05, 3.63) is 29.3 Å². The molecule has 0 radical (unpaired) electrons. The van der Waals surface area contributed by atoms with Gasteiger partial charge in [-0.3, -0.25) is 9.59 Å².